The molecule has 24 heavy (non-hydrogen) atoms. The third kappa shape index (κ3) is 3.42. The van der Waals surface area contributed by atoms with Crippen molar-refractivity contribution in [3.05, 3.63) is 16.1 Å². The van der Waals surface area contributed by atoms with E-state index in [4.69, 9.17) is 0 Å². The van der Waals surface area contributed by atoms with Crippen LogP contribution in [0.5, 0.6) is 0 Å². The first-order valence-corrected chi connectivity index (χ1v) is 9.83. The summed E-state index contributed by atoms with van der Waals surface area (Å²) >= 11 is 1.24. The van der Waals surface area contributed by atoms with Crippen LogP contribution in [0.1, 0.15) is 47.0 Å². The van der Waals surface area contributed by atoms with Crippen LogP contribution < -0.4 is 5.32 Å². The van der Waals surface area contributed by atoms with Gasteiger partial charge in [0.05, 0.1) is 11.2 Å². The number of hydrogen-bond acceptors (Lipinski definition) is 5. The minimum Gasteiger partial charge on any atom is -0.348 e. The second kappa shape index (κ2) is 6.26. The molecule has 3 rings (SSSR count). The van der Waals surface area contributed by atoms with Crippen molar-refractivity contribution in [3.63, 3.8) is 0 Å². The molecule has 2 fully saturated rings. The number of piperidine rings is 1. The average Bonchev–Trinajstić information content (AvgIpc) is 3.23. The van der Waals surface area contributed by atoms with Gasteiger partial charge < -0.3 is 5.32 Å². The first-order valence-electron chi connectivity index (χ1n) is 7.51. The molecule has 1 amide bonds. The second-order valence-electron chi connectivity index (χ2n) is 5.94. The van der Waals surface area contributed by atoms with E-state index in [1.807, 2.05) is 0 Å². The van der Waals surface area contributed by atoms with E-state index in [0.717, 1.165) is 18.5 Å². The molecule has 1 aliphatic carbocycles. The summed E-state index contributed by atoms with van der Waals surface area (Å²) in [5.41, 5.74) is -2.89. The van der Waals surface area contributed by atoms with Gasteiger partial charge in [0.1, 0.15) is 4.88 Å². The van der Waals surface area contributed by atoms with Crippen LogP contribution in [0.25, 0.3) is 0 Å². The molecule has 2 heterocycles. The highest BCUT2D eigenvalue weighted by molar-refractivity contribution is 7.90. The first-order chi connectivity index (χ1) is 11.2. The van der Waals surface area contributed by atoms with Crippen molar-refractivity contribution in [2.24, 2.45) is 0 Å². The smallest absolute Gasteiger partial charge is 0.348 e. The topological polar surface area (TPSA) is 79.4 Å². The Morgan fingerprint density at radius 1 is 1.25 bits per heavy atom. The molecule has 0 bridgehead atoms. The molecule has 0 unspecified atom stereocenters. The van der Waals surface area contributed by atoms with E-state index in [0.29, 0.717) is 15.1 Å². The summed E-state index contributed by atoms with van der Waals surface area (Å²) < 4.78 is 60.7. The van der Waals surface area contributed by atoms with Gasteiger partial charge in [0.25, 0.3) is 5.91 Å². The quantitative estimate of drug-likeness (QED) is 0.863. The van der Waals surface area contributed by atoms with Crippen molar-refractivity contribution in [2.45, 2.75) is 43.2 Å². The molecule has 0 spiro atoms. The third-order valence-electron chi connectivity index (χ3n) is 4.19. The second-order valence-corrected chi connectivity index (χ2v) is 8.72. The van der Waals surface area contributed by atoms with Crippen LogP contribution in [0.4, 0.5) is 13.2 Å². The molecule has 1 aromatic heterocycles. The van der Waals surface area contributed by atoms with Gasteiger partial charge in [-0.3, -0.25) is 4.79 Å². The van der Waals surface area contributed by atoms with Gasteiger partial charge in [0.2, 0.25) is 0 Å². The average molecular weight is 383 g/mol. The van der Waals surface area contributed by atoms with Crippen molar-refractivity contribution in [1.82, 2.24) is 14.6 Å². The zero-order valence-electron chi connectivity index (χ0n) is 12.5. The Morgan fingerprint density at radius 3 is 2.42 bits per heavy atom. The summed E-state index contributed by atoms with van der Waals surface area (Å²) in [6, 6.07) is -0.341. The van der Waals surface area contributed by atoms with E-state index in [9.17, 15) is 26.4 Å². The molecule has 1 N–H and O–H groups in total. The molecular weight excluding hydrogens is 367 g/mol. The zero-order chi connectivity index (χ0) is 17.5. The van der Waals surface area contributed by atoms with Crippen molar-refractivity contribution >= 4 is 27.3 Å². The lowest BCUT2D eigenvalue weighted by atomic mass is 10.1. The summed E-state index contributed by atoms with van der Waals surface area (Å²) in [5.74, 6) is 0.0484. The van der Waals surface area contributed by atoms with Crippen LogP contribution in [0.2, 0.25) is 0 Å². The highest BCUT2D eigenvalue weighted by atomic mass is 32.2. The van der Waals surface area contributed by atoms with Crippen LogP contribution in [0, 0.1) is 0 Å². The Bertz CT molecular complexity index is 720. The van der Waals surface area contributed by atoms with Gasteiger partial charge in [-0.25, -0.2) is 13.4 Å². The van der Waals surface area contributed by atoms with E-state index in [1.54, 1.807) is 5.51 Å². The third-order valence-corrected chi connectivity index (χ3v) is 6.66. The molecular formula is C13H16F3N3O3S2. The van der Waals surface area contributed by atoms with E-state index >= 15 is 0 Å². The summed E-state index contributed by atoms with van der Waals surface area (Å²) in [5, 5.41) is 2.78. The summed E-state index contributed by atoms with van der Waals surface area (Å²) in [4.78, 5) is 17.1. The van der Waals surface area contributed by atoms with Gasteiger partial charge in [-0.1, -0.05) is 0 Å². The zero-order valence-corrected chi connectivity index (χ0v) is 14.2. The minimum absolute atomic E-state index is 0.151. The monoisotopic (exact) mass is 383 g/mol. The van der Waals surface area contributed by atoms with E-state index in [1.165, 1.54) is 11.3 Å². The maximum atomic E-state index is 12.5. The van der Waals surface area contributed by atoms with Crippen LogP contribution in [0.15, 0.2) is 5.51 Å². The molecule has 1 saturated carbocycles. The number of carbonyl (C=O) groups excluding carboxylic acids is 1. The van der Waals surface area contributed by atoms with Crippen LogP contribution in [-0.2, 0) is 10.0 Å². The van der Waals surface area contributed by atoms with Crippen LogP contribution in [0.3, 0.4) is 0 Å². The highest BCUT2D eigenvalue weighted by Crippen LogP contribution is 2.41. The lowest BCUT2D eigenvalue weighted by Crippen LogP contribution is -2.49. The highest BCUT2D eigenvalue weighted by Gasteiger charge is 2.50. The number of thiazole rings is 1. The first kappa shape index (κ1) is 17.6. The Hall–Kier alpha value is -1.20. The Morgan fingerprint density at radius 2 is 1.88 bits per heavy atom. The molecule has 0 atom stereocenters. The number of nitrogens with one attached hydrogen (secondary N) is 1. The van der Waals surface area contributed by atoms with Gasteiger partial charge in [0.15, 0.2) is 0 Å². The molecule has 2 aliphatic rings. The number of amides is 1. The van der Waals surface area contributed by atoms with E-state index < -0.39 is 15.5 Å². The SMILES string of the molecule is O=C(NC1CCN(S(=O)(=O)C(F)(F)F)CC1)c1scnc1C1CC1. The Labute approximate surface area is 141 Å². The normalized spacial score (nSPS) is 21.0. The molecule has 11 heteroatoms. The van der Waals surface area contributed by atoms with Gasteiger partial charge in [-0.15, -0.1) is 11.3 Å². The van der Waals surface area contributed by atoms with E-state index in [2.05, 4.69) is 10.3 Å². The van der Waals surface area contributed by atoms with Gasteiger partial charge in [-0.05, 0) is 25.7 Å². The number of halogens is 3. The summed E-state index contributed by atoms with van der Waals surface area (Å²) in [7, 11) is -5.29. The standard InChI is InChI=1S/C13H16F3N3O3S2/c14-13(15,16)24(21,22)19-5-3-9(4-6-19)18-12(20)11-10(8-1-2-8)17-7-23-11/h7-9H,1-6H2,(H,18,20). The van der Waals surface area contributed by atoms with Crippen molar-refractivity contribution in [3.8, 4) is 0 Å². The largest absolute Gasteiger partial charge is 0.511 e. The molecule has 6 nitrogen and oxygen atoms in total. The summed E-state index contributed by atoms with van der Waals surface area (Å²) in [6.45, 7) is -0.518. The van der Waals surface area contributed by atoms with Gasteiger partial charge >= 0.3 is 15.5 Å². The molecule has 0 aromatic carbocycles. The Balaban J connectivity index is 1.58. The fraction of sp³-hybridized carbons (Fsp3) is 0.692. The van der Waals surface area contributed by atoms with Crippen molar-refractivity contribution < 1.29 is 26.4 Å². The molecule has 134 valence electrons. The lowest BCUT2D eigenvalue weighted by Gasteiger charge is -2.31. The number of sulfonamides is 1. The van der Waals surface area contributed by atoms with Crippen LogP contribution in [-0.4, -0.2) is 48.3 Å². The fourth-order valence-electron chi connectivity index (χ4n) is 2.71. The molecule has 1 aromatic rings. The Kier molecular flexibility index (Phi) is 4.60. The summed E-state index contributed by atoms with van der Waals surface area (Å²) in [6.07, 6.45) is 2.33. The molecule has 1 aliphatic heterocycles. The minimum atomic E-state index is -5.29. The number of hydrogen-bond donors (Lipinski definition) is 1. The number of rotatable bonds is 4. The molecule has 1 saturated heterocycles. The fourth-order valence-corrected chi connectivity index (χ4v) is 4.47. The lowest BCUT2D eigenvalue weighted by molar-refractivity contribution is -0.0495. The number of aromatic nitrogens is 1. The van der Waals surface area contributed by atoms with Crippen molar-refractivity contribution in [2.75, 3.05) is 13.1 Å². The van der Waals surface area contributed by atoms with Gasteiger partial charge in [0, 0.05) is 25.0 Å². The van der Waals surface area contributed by atoms with Crippen LogP contribution >= 0.6 is 11.3 Å². The predicted molar refractivity (Wildman–Crippen MR) is 81.1 cm³/mol. The number of nitrogens with zero attached hydrogens (tertiary/aromatic N) is 2. The van der Waals surface area contributed by atoms with E-state index in [-0.39, 0.29) is 37.9 Å². The van der Waals surface area contributed by atoms with Crippen molar-refractivity contribution in [1.29, 1.82) is 0 Å². The predicted octanol–water partition coefficient (Wildman–Crippen LogP) is 2.06. The number of carbonyl (C=O) groups is 1. The number of alkyl halides is 3. The maximum Gasteiger partial charge on any atom is 0.511 e. The van der Waals surface area contributed by atoms with Gasteiger partial charge in [-0.2, -0.15) is 17.5 Å². The maximum absolute atomic E-state index is 12.5. The molecule has 0 radical (unpaired) electrons.